The first-order valence-corrected chi connectivity index (χ1v) is 6.22. The van der Waals surface area contributed by atoms with Gasteiger partial charge in [-0.2, -0.15) is 5.26 Å². The minimum absolute atomic E-state index is 0.369. The molecule has 19 heavy (non-hydrogen) atoms. The summed E-state index contributed by atoms with van der Waals surface area (Å²) >= 11 is 0. The van der Waals surface area contributed by atoms with Gasteiger partial charge in [0.25, 0.3) is 0 Å². The standard InChI is InChI=1S/C13H16N6/c1-3-4-15-11-7-10(2)17-12(18-11)9-19-6-5-16-13(19)8-14/h5-7H,3-4,9H2,1-2H3,(H,15,17,18). The SMILES string of the molecule is CCCNc1cc(C)nc(Cn2ccnc2C#N)n1. The van der Waals surface area contributed by atoms with Gasteiger partial charge < -0.3 is 9.88 Å². The summed E-state index contributed by atoms with van der Waals surface area (Å²) in [6.07, 6.45) is 4.40. The van der Waals surface area contributed by atoms with Crippen molar-refractivity contribution < 1.29 is 0 Å². The molecule has 0 unspecified atom stereocenters. The molecule has 0 aromatic carbocycles. The maximum Gasteiger partial charge on any atom is 0.213 e. The van der Waals surface area contributed by atoms with E-state index < -0.39 is 0 Å². The molecule has 2 heterocycles. The molecule has 0 fully saturated rings. The van der Waals surface area contributed by atoms with Gasteiger partial charge in [0, 0.05) is 30.7 Å². The van der Waals surface area contributed by atoms with Crippen molar-refractivity contribution in [3.05, 3.63) is 35.8 Å². The lowest BCUT2D eigenvalue weighted by Crippen LogP contribution is -2.10. The fourth-order valence-corrected chi connectivity index (χ4v) is 1.75. The molecule has 0 radical (unpaired) electrons. The van der Waals surface area contributed by atoms with Gasteiger partial charge in [-0.25, -0.2) is 15.0 Å². The number of rotatable bonds is 5. The summed E-state index contributed by atoms with van der Waals surface area (Å²) in [5.41, 5.74) is 0.905. The van der Waals surface area contributed by atoms with Gasteiger partial charge in [-0.15, -0.1) is 0 Å². The van der Waals surface area contributed by atoms with Crippen molar-refractivity contribution in [1.82, 2.24) is 19.5 Å². The molecule has 98 valence electrons. The van der Waals surface area contributed by atoms with Crippen LogP contribution in [0.2, 0.25) is 0 Å². The van der Waals surface area contributed by atoms with E-state index in [1.54, 1.807) is 17.0 Å². The highest BCUT2D eigenvalue weighted by Gasteiger charge is 2.06. The summed E-state index contributed by atoms with van der Waals surface area (Å²) in [5, 5.41) is 12.2. The van der Waals surface area contributed by atoms with Crippen LogP contribution in [0.25, 0.3) is 0 Å². The normalized spacial score (nSPS) is 10.2. The van der Waals surface area contributed by atoms with Crippen molar-refractivity contribution in [2.45, 2.75) is 26.8 Å². The molecule has 2 aromatic heterocycles. The van der Waals surface area contributed by atoms with Crippen molar-refractivity contribution in [2.75, 3.05) is 11.9 Å². The van der Waals surface area contributed by atoms with E-state index in [1.165, 1.54) is 0 Å². The molecule has 0 bridgehead atoms. The summed E-state index contributed by atoms with van der Waals surface area (Å²) in [6, 6.07) is 3.95. The minimum Gasteiger partial charge on any atom is -0.370 e. The van der Waals surface area contributed by atoms with Crippen molar-refractivity contribution in [2.24, 2.45) is 0 Å². The zero-order chi connectivity index (χ0) is 13.7. The molecule has 0 aliphatic rings. The average molecular weight is 256 g/mol. The molecule has 1 N–H and O–H groups in total. The van der Waals surface area contributed by atoms with Crippen LogP contribution in [-0.2, 0) is 6.54 Å². The van der Waals surface area contributed by atoms with Gasteiger partial charge in [-0.1, -0.05) is 6.92 Å². The topological polar surface area (TPSA) is 79.4 Å². The lowest BCUT2D eigenvalue weighted by Gasteiger charge is -2.08. The minimum atomic E-state index is 0.369. The van der Waals surface area contributed by atoms with Crippen LogP contribution >= 0.6 is 0 Å². The molecule has 0 saturated carbocycles. The van der Waals surface area contributed by atoms with Gasteiger partial charge >= 0.3 is 0 Å². The van der Waals surface area contributed by atoms with Gasteiger partial charge in [0.1, 0.15) is 11.9 Å². The van der Waals surface area contributed by atoms with E-state index in [1.807, 2.05) is 19.1 Å². The molecule has 6 heteroatoms. The van der Waals surface area contributed by atoms with Crippen LogP contribution in [0.3, 0.4) is 0 Å². The average Bonchev–Trinajstić information content (AvgIpc) is 2.83. The zero-order valence-electron chi connectivity index (χ0n) is 11.1. The van der Waals surface area contributed by atoms with Crippen molar-refractivity contribution in [1.29, 1.82) is 5.26 Å². The van der Waals surface area contributed by atoms with Crippen LogP contribution in [0.15, 0.2) is 18.5 Å². The highest BCUT2D eigenvalue weighted by atomic mass is 15.1. The Morgan fingerprint density at radius 2 is 2.26 bits per heavy atom. The Balaban J connectivity index is 2.20. The third kappa shape index (κ3) is 3.28. The highest BCUT2D eigenvalue weighted by Crippen LogP contribution is 2.08. The van der Waals surface area contributed by atoms with Crippen LogP contribution < -0.4 is 5.32 Å². The maximum absolute atomic E-state index is 8.92. The highest BCUT2D eigenvalue weighted by molar-refractivity contribution is 5.35. The number of nitrogens with zero attached hydrogens (tertiary/aromatic N) is 5. The van der Waals surface area contributed by atoms with E-state index >= 15 is 0 Å². The van der Waals surface area contributed by atoms with E-state index in [-0.39, 0.29) is 0 Å². The van der Waals surface area contributed by atoms with Gasteiger partial charge in [0.15, 0.2) is 5.82 Å². The number of aryl methyl sites for hydroxylation is 1. The Morgan fingerprint density at radius 3 is 3.00 bits per heavy atom. The van der Waals surface area contributed by atoms with Crippen LogP contribution in [0.1, 0.15) is 30.7 Å². The summed E-state index contributed by atoms with van der Waals surface area (Å²) < 4.78 is 1.73. The van der Waals surface area contributed by atoms with Crippen LogP contribution in [-0.4, -0.2) is 26.1 Å². The molecular weight excluding hydrogens is 240 g/mol. The predicted molar refractivity (Wildman–Crippen MR) is 71.6 cm³/mol. The lowest BCUT2D eigenvalue weighted by atomic mass is 10.4. The monoisotopic (exact) mass is 256 g/mol. The van der Waals surface area contributed by atoms with E-state index in [0.29, 0.717) is 18.2 Å². The van der Waals surface area contributed by atoms with Crippen molar-refractivity contribution in [3.8, 4) is 6.07 Å². The molecule has 2 rings (SSSR count). The largest absolute Gasteiger partial charge is 0.370 e. The summed E-state index contributed by atoms with van der Waals surface area (Å²) in [4.78, 5) is 12.8. The van der Waals surface area contributed by atoms with Gasteiger partial charge in [0.05, 0.1) is 6.54 Å². The Labute approximate surface area is 112 Å². The number of nitrogens with one attached hydrogen (secondary N) is 1. The Hall–Kier alpha value is -2.42. The van der Waals surface area contributed by atoms with Gasteiger partial charge in [0.2, 0.25) is 5.82 Å². The summed E-state index contributed by atoms with van der Waals surface area (Å²) in [5.74, 6) is 1.87. The lowest BCUT2D eigenvalue weighted by molar-refractivity contribution is 0.728. The third-order valence-electron chi connectivity index (χ3n) is 2.58. The number of anilines is 1. The molecule has 0 amide bonds. The van der Waals surface area contributed by atoms with Crippen LogP contribution in [0.5, 0.6) is 0 Å². The number of hydrogen-bond donors (Lipinski definition) is 1. The number of hydrogen-bond acceptors (Lipinski definition) is 5. The smallest absolute Gasteiger partial charge is 0.213 e. The molecule has 2 aromatic rings. The molecule has 0 aliphatic heterocycles. The van der Waals surface area contributed by atoms with Crippen molar-refractivity contribution >= 4 is 5.82 Å². The van der Waals surface area contributed by atoms with Gasteiger partial charge in [-0.05, 0) is 13.3 Å². The molecule has 0 aliphatic carbocycles. The second-order valence-electron chi connectivity index (χ2n) is 4.23. The van der Waals surface area contributed by atoms with Crippen LogP contribution in [0.4, 0.5) is 5.82 Å². The Kier molecular flexibility index (Phi) is 4.08. The first kappa shape index (κ1) is 13.0. The van der Waals surface area contributed by atoms with E-state index in [2.05, 4.69) is 27.2 Å². The molecule has 0 atom stereocenters. The number of nitriles is 1. The number of imidazole rings is 1. The van der Waals surface area contributed by atoms with Crippen molar-refractivity contribution in [3.63, 3.8) is 0 Å². The van der Waals surface area contributed by atoms with Gasteiger partial charge in [-0.3, -0.25) is 0 Å². The second-order valence-corrected chi connectivity index (χ2v) is 4.23. The molecule has 6 nitrogen and oxygen atoms in total. The fraction of sp³-hybridized carbons (Fsp3) is 0.385. The first-order chi connectivity index (χ1) is 9.22. The zero-order valence-corrected chi connectivity index (χ0v) is 11.1. The van der Waals surface area contributed by atoms with Crippen LogP contribution in [0, 0.1) is 18.3 Å². The number of aromatic nitrogens is 4. The molecule has 0 saturated heterocycles. The van der Waals surface area contributed by atoms with E-state index in [0.717, 1.165) is 24.5 Å². The first-order valence-electron chi connectivity index (χ1n) is 6.22. The molecular formula is C13H16N6. The quantitative estimate of drug-likeness (QED) is 0.881. The Bertz CT molecular complexity index is 595. The summed E-state index contributed by atoms with van der Waals surface area (Å²) in [6.45, 7) is 5.36. The maximum atomic E-state index is 8.92. The molecule has 0 spiro atoms. The third-order valence-corrected chi connectivity index (χ3v) is 2.58. The second kappa shape index (κ2) is 5.96. The Morgan fingerprint density at radius 1 is 1.42 bits per heavy atom. The van der Waals surface area contributed by atoms with E-state index in [4.69, 9.17) is 5.26 Å². The predicted octanol–water partition coefficient (Wildman–Crippen LogP) is 1.72. The summed E-state index contributed by atoms with van der Waals surface area (Å²) in [7, 11) is 0. The fourth-order valence-electron chi connectivity index (χ4n) is 1.75. The van der Waals surface area contributed by atoms with E-state index in [9.17, 15) is 0 Å².